The van der Waals surface area contributed by atoms with E-state index in [9.17, 15) is 9.59 Å². The van der Waals surface area contributed by atoms with Gasteiger partial charge >= 0.3 is 6.03 Å². The van der Waals surface area contributed by atoms with Gasteiger partial charge in [0.1, 0.15) is 12.3 Å². The molecule has 1 fully saturated rings. The first-order valence-corrected chi connectivity index (χ1v) is 9.77. The Hall–Kier alpha value is -2.02. The van der Waals surface area contributed by atoms with Crippen molar-refractivity contribution in [2.24, 2.45) is 0 Å². The molecule has 1 unspecified atom stereocenters. The zero-order valence-electron chi connectivity index (χ0n) is 17.0. The number of hydrogen-bond acceptors (Lipinski definition) is 4. The summed E-state index contributed by atoms with van der Waals surface area (Å²) in [6.07, 6.45) is 4.40. The molecule has 1 N–H and O–H groups in total. The van der Waals surface area contributed by atoms with Crippen LogP contribution in [-0.4, -0.2) is 59.6 Å². The van der Waals surface area contributed by atoms with E-state index in [4.69, 9.17) is 9.15 Å². The minimum absolute atomic E-state index is 0.0448. The Balaban J connectivity index is 2.04. The molecule has 0 saturated carbocycles. The number of furan rings is 1. The topological polar surface area (TPSA) is 75.0 Å². The van der Waals surface area contributed by atoms with Gasteiger partial charge in [0.2, 0.25) is 5.91 Å². The highest BCUT2D eigenvalue weighted by atomic mass is 16.5. The third kappa shape index (κ3) is 7.25. The molecule has 1 atom stereocenters. The second-order valence-electron chi connectivity index (χ2n) is 8.09. The van der Waals surface area contributed by atoms with E-state index >= 15 is 0 Å². The summed E-state index contributed by atoms with van der Waals surface area (Å²) in [4.78, 5) is 28.9. The van der Waals surface area contributed by atoms with Crippen LogP contribution in [0.15, 0.2) is 22.8 Å². The predicted molar refractivity (Wildman–Crippen MR) is 103 cm³/mol. The minimum atomic E-state index is -0.350. The molecule has 2 rings (SSSR count). The van der Waals surface area contributed by atoms with Crippen molar-refractivity contribution in [3.8, 4) is 0 Å². The number of hydrogen-bond donors (Lipinski definition) is 1. The SMILES string of the molecule is CCCN(CC(=O)N(Cc1ccco1)CC1CCCO1)C(=O)NC(C)(C)C. The molecule has 0 bridgehead atoms. The fourth-order valence-corrected chi connectivity index (χ4v) is 3.06. The van der Waals surface area contributed by atoms with E-state index < -0.39 is 0 Å². The highest BCUT2D eigenvalue weighted by molar-refractivity contribution is 5.84. The zero-order valence-corrected chi connectivity index (χ0v) is 17.0. The Morgan fingerprint density at radius 1 is 1.30 bits per heavy atom. The van der Waals surface area contributed by atoms with Crippen molar-refractivity contribution in [1.82, 2.24) is 15.1 Å². The molecule has 1 aliphatic rings. The van der Waals surface area contributed by atoms with Crippen LogP contribution in [0.3, 0.4) is 0 Å². The van der Waals surface area contributed by atoms with Crippen molar-refractivity contribution in [2.75, 3.05) is 26.2 Å². The number of urea groups is 1. The van der Waals surface area contributed by atoms with E-state index in [2.05, 4.69) is 5.32 Å². The van der Waals surface area contributed by atoms with Gasteiger partial charge in [-0.2, -0.15) is 0 Å². The number of rotatable bonds is 8. The molecule has 2 heterocycles. The number of nitrogens with one attached hydrogen (secondary N) is 1. The van der Waals surface area contributed by atoms with Gasteiger partial charge in [0.15, 0.2) is 0 Å². The van der Waals surface area contributed by atoms with Gasteiger partial charge in [-0.25, -0.2) is 4.79 Å². The highest BCUT2D eigenvalue weighted by Gasteiger charge is 2.27. The number of ether oxygens (including phenoxy) is 1. The molecule has 0 radical (unpaired) electrons. The van der Waals surface area contributed by atoms with E-state index in [0.717, 1.165) is 31.6 Å². The van der Waals surface area contributed by atoms with Crippen LogP contribution in [-0.2, 0) is 16.1 Å². The van der Waals surface area contributed by atoms with E-state index in [-0.39, 0.29) is 30.1 Å². The Morgan fingerprint density at radius 3 is 2.63 bits per heavy atom. The van der Waals surface area contributed by atoms with Crippen LogP contribution in [0.25, 0.3) is 0 Å². The zero-order chi connectivity index (χ0) is 19.9. The van der Waals surface area contributed by atoms with Gasteiger partial charge in [-0.05, 0) is 52.2 Å². The van der Waals surface area contributed by atoms with Crippen molar-refractivity contribution in [3.63, 3.8) is 0 Å². The van der Waals surface area contributed by atoms with Crippen LogP contribution in [0, 0.1) is 0 Å². The lowest BCUT2D eigenvalue weighted by atomic mass is 10.1. The lowest BCUT2D eigenvalue weighted by Crippen LogP contribution is -2.52. The van der Waals surface area contributed by atoms with Crippen LogP contribution in [0.2, 0.25) is 0 Å². The molecule has 1 aliphatic heterocycles. The summed E-state index contributed by atoms with van der Waals surface area (Å²) < 4.78 is 11.1. The summed E-state index contributed by atoms with van der Waals surface area (Å²) in [6.45, 7) is 9.99. The second kappa shape index (κ2) is 9.78. The summed E-state index contributed by atoms with van der Waals surface area (Å²) in [5, 5.41) is 2.94. The minimum Gasteiger partial charge on any atom is -0.467 e. The van der Waals surface area contributed by atoms with Gasteiger partial charge < -0.3 is 24.3 Å². The molecular formula is C20H33N3O4. The standard InChI is InChI=1S/C20H33N3O4/c1-5-10-22(19(25)21-20(2,3)4)15-18(24)23(13-16-8-6-11-26-16)14-17-9-7-12-27-17/h6,8,11,17H,5,7,9-10,12-15H2,1-4H3,(H,21,25). The molecule has 7 heteroatoms. The van der Waals surface area contributed by atoms with Gasteiger partial charge in [0.25, 0.3) is 0 Å². The molecule has 0 spiro atoms. The van der Waals surface area contributed by atoms with Crippen molar-refractivity contribution >= 4 is 11.9 Å². The van der Waals surface area contributed by atoms with Gasteiger partial charge in [0.05, 0.1) is 18.9 Å². The number of nitrogens with zero attached hydrogens (tertiary/aromatic N) is 2. The number of carbonyl (C=O) groups excluding carboxylic acids is 2. The smallest absolute Gasteiger partial charge is 0.318 e. The fourth-order valence-electron chi connectivity index (χ4n) is 3.06. The van der Waals surface area contributed by atoms with Crippen LogP contribution < -0.4 is 5.32 Å². The maximum absolute atomic E-state index is 13.0. The molecule has 1 aromatic heterocycles. The van der Waals surface area contributed by atoms with Crippen molar-refractivity contribution in [1.29, 1.82) is 0 Å². The van der Waals surface area contributed by atoms with Gasteiger partial charge in [-0.3, -0.25) is 4.79 Å². The molecule has 7 nitrogen and oxygen atoms in total. The van der Waals surface area contributed by atoms with E-state index in [1.165, 1.54) is 0 Å². The van der Waals surface area contributed by atoms with E-state index in [0.29, 0.717) is 19.6 Å². The summed E-state index contributed by atoms with van der Waals surface area (Å²) in [6, 6.07) is 3.45. The molecule has 152 valence electrons. The van der Waals surface area contributed by atoms with Crippen LogP contribution in [0.5, 0.6) is 0 Å². The Morgan fingerprint density at radius 2 is 2.07 bits per heavy atom. The van der Waals surface area contributed by atoms with Crippen LogP contribution in [0.4, 0.5) is 4.79 Å². The highest BCUT2D eigenvalue weighted by Crippen LogP contribution is 2.16. The molecule has 0 aromatic carbocycles. The van der Waals surface area contributed by atoms with Crippen LogP contribution in [0.1, 0.15) is 52.7 Å². The maximum atomic E-state index is 13.0. The van der Waals surface area contributed by atoms with Gasteiger partial charge in [-0.15, -0.1) is 0 Å². The largest absolute Gasteiger partial charge is 0.467 e. The first-order valence-electron chi connectivity index (χ1n) is 9.77. The van der Waals surface area contributed by atoms with Gasteiger partial charge in [-0.1, -0.05) is 6.92 Å². The van der Waals surface area contributed by atoms with Crippen molar-refractivity contribution < 1.29 is 18.7 Å². The Bertz CT molecular complexity index is 589. The molecule has 3 amide bonds. The number of amides is 3. The first-order chi connectivity index (χ1) is 12.8. The molecular weight excluding hydrogens is 346 g/mol. The van der Waals surface area contributed by atoms with E-state index in [1.54, 1.807) is 16.1 Å². The Labute approximate surface area is 162 Å². The quantitative estimate of drug-likeness (QED) is 0.753. The first kappa shape index (κ1) is 21.3. The van der Waals surface area contributed by atoms with Crippen molar-refractivity contribution in [2.45, 2.75) is 65.1 Å². The lowest BCUT2D eigenvalue weighted by Gasteiger charge is -2.31. The third-order valence-corrected chi connectivity index (χ3v) is 4.32. The van der Waals surface area contributed by atoms with E-state index in [1.807, 2.05) is 39.8 Å². The lowest BCUT2D eigenvalue weighted by molar-refractivity contribution is -0.134. The number of carbonyl (C=O) groups is 2. The fraction of sp³-hybridized carbons (Fsp3) is 0.700. The third-order valence-electron chi connectivity index (χ3n) is 4.32. The summed E-state index contributed by atoms with van der Waals surface area (Å²) in [7, 11) is 0. The summed E-state index contributed by atoms with van der Waals surface area (Å²) >= 11 is 0. The Kier molecular flexibility index (Phi) is 7.71. The second-order valence-corrected chi connectivity index (χ2v) is 8.09. The molecule has 1 saturated heterocycles. The van der Waals surface area contributed by atoms with Crippen molar-refractivity contribution in [3.05, 3.63) is 24.2 Å². The summed E-state index contributed by atoms with van der Waals surface area (Å²) in [5.74, 6) is 0.627. The monoisotopic (exact) mass is 379 g/mol. The molecule has 1 aromatic rings. The van der Waals surface area contributed by atoms with Crippen LogP contribution >= 0.6 is 0 Å². The predicted octanol–water partition coefficient (Wildman–Crippen LogP) is 3.01. The average Bonchev–Trinajstić information content (AvgIpc) is 3.26. The normalized spacial score (nSPS) is 17.0. The summed E-state index contributed by atoms with van der Waals surface area (Å²) in [5.41, 5.74) is -0.350. The molecule has 0 aliphatic carbocycles. The average molecular weight is 380 g/mol. The maximum Gasteiger partial charge on any atom is 0.318 e. The molecule has 27 heavy (non-hydrogen) atoms. The van der Waals surface area contributed by atoms with Gasteiger partial charge in [0, 0.05) is 25.2 Å².